The van der Waals surface area contributed by atoms with Gasteiger partial charge in [-0.05, 0) is 30.5 Å². The van der Waals surface area contributed by atoms with Crippen LogP contribution in [-0.2, 0) is 14.3 Å². The fourth-order valence-electron chi connectivity index (χ4n) is 4.69. The Balaban J connectivity index is 1.40. The van der Waals surface area contributed by atoms with Crippen molar-refractivity contribution >= 4 is 49.3 Å². The summed E-state index contributed by atoms with van der Waals surface area (Å²) in [6, 6.07) is 4.54. The van der Waals surface area contributed by atoms with Crippen molar-refractivity contribution in [3.63, 3.8) is 0 Å². The molecule has 1 aromatic carbocycles. The van der Waals surface area contributed by atoms with Gasteiger partial charge in [-0.25, -0.2) is 23.8 Å². The van der Waals surface area contributed by atoms with E-state index in [1.54, 1.807) is 6.07 Å². The molecule has 2 fully saturated rings. The molecule has 5 rings (SSSR count). The van der Waals surface area contributed by atoms with Crippen LogP contribution in [0.3, 0.4) is 0 Å². The Morgan fingerprint density at radius 3 is 2.84 bits per heavy atom. The summed E-state index contributed by atoms with van der Waals surface area (Å²) in [4.78, 5) is 20.9. The molecule has 0 aliphatic heterocycles. The van der Waals surface area contributed by atoms with Gasteiger partial charge in [0.25, 0.3) is 0 Å². The zero-order chi connectivity index (χ0) is 27.0. The number of esters is 1. The Labute approximate surface area is 225 Å². The molecular formula is C24H30FN6O5PS. The Morgan fingerprint density at radius 1 is 1.29 bits per heavy atom. The predicted molar refractivity (Wildman–Crippen MR) is 142 cm³/mol. The van der Waals surface area contributed by atoms with E-state index in [0.717, 1.165) is 24.2 Å². The fourth-order valence-corrected chi connectivity index (χ4v) is 5.68. The van der Waals surface area contributed by atoms with Gasteiger partial charge in [0, 0.05) is 29.4 Å². The van der Waals surface area contributed by atoms with Crippen molar-refractivity contribution in [3.05, 3.63) is 29.6 Å². The van der Waals surface area contributed by atoms with Crippen LogP contribution in [0.5, 0.6) is 0 Å². The van der Waals surface area contributed by atoms with Crippen LogP contribution < -0.4 is 10.6 Å². The molecule has 204 valence electrons. The van der Waals surface area contributed by atoms with E-state index in [0.29, 0.717) is 27.4 Å². The molecule has 0 saturated heterocycles. The summed E-state index contributed by atoms with van der Waals surface area (Å²) >= 11 is 1.50. The maximum atomic E-state index is 13.7. The van der Waals surface area contributed by atoms with Crippen molar-refractivity contribution in [1.29, 1.82) is 0 Å². The molecule has 3 N–H and O–H groups in total. The van der Waals surface area contributed by atoms with Crippen molar-refractivity contribution < 1.29 is 28.9 Å². The first-order valence-electron chi connectivity index (χ1n) is 12.4. The zero-order valence-electron chi connectivity index (χ0n) is 21.0. The number of ether oxygens (including phenoxy) is 2. The summed E-state index contributed by atoms with van der Waals surface area (Å²) in [5.41, 5.74) is 1.92. The number of aromatic nitrogens is 5. The van der Waals surface area contributed by atoms with E-state index < -0.39 is 30.3 Å². The molecule has 2 aliphatic carbocycles. The number of benzene rings is 1. The van der Waals surface area contributed by atoms with E-state index in [-0.39, 0.29) is 30.8 Å². The number of thioether (sulfide) groups is 1. The highest BCUT2D eigenvalue weighted by Crippen LogP contribution is 2.43. The maximum absolute atomic E-state index is 13.7. The fraction of sp³-hybridized carbons (Fsp3) is 0.542. The average molecular weight is 565 g/mol. The van der Waals surface area contributed by atoms with Crippen LogP contribution in [0.15, 0.2) is 23.4 Å². The van der Waals surface area contributed by atoms with E-state index >= 15 is 0 Å². The van der Waals surface area contributed by atoms with Crippen LogP contribution in [-0.4, -0.2) is 85.0 Å². The Bertz CT molecular complexity index is 1330. The lowest BCUT2D eigenvalue weighted by Crippen LogP contribution is -2.34. The third kappa shape index (κ3) is 5.48. The van der Waals surface area contributed by atoms with E-state index in [2.05, 4.69) is 41.5 Å². The van der Waals surface area contributed by atoms with Crippen LogP contribution in [0.2, 0.25) is 0 Å². The SMILES string of the molecule is CCCSc1nc(NC2CC2c2ccc(F)c(P)c2)c2nnn(C3CC(OCC(=O)OC)C(O)C3O)c2n1. The topological polar surface area (TPSA) is 145 Å². The number of aliphatic hydroxyl groups is 2. The van der Waals surface area contributed by atoms with E-state index in [9.17, 15) is 19.4 Å². The number of carbonyl (C=O) groups excluding carboxylic acids is 1. The van der Waals surface area contributed by atoms with Crippen LogP contribution in [0.25, 0.3) is 11.2 Å². The maximum Gasteiger partial charge on any atom is 0.331 e. The molecule has 7 unspecified atom stereocenters. The number of hydrogen-bond acceptors (Lipinski definition) is 11. The number of nitrogens with one attached hydrogen (secondary N) is 1. The molecule has 0 radical (unpaired) electrons. The minimum atomic E-state index is -1.22. The van der Waals surface area contributed by atoms with Gasteiger partial charge in [-0.2, -0.15) is 0 Å². The van der Waals surface area contributed by atoms with Crippen molar-refractivity contribution in [1.82, 2.24) is 25.0 Å². The van der Waals surface area contributed by atoms with Gasteiger partial charge >= 0.3 is 5.97 Å². The minimum Gasteiger partial charge on any atom is -0.467 e. The summed E-state index contributed by atoms with van der Waals surface area (Å²) < 4.78 is 25.3. The molecule has 11 nitrogen and oxygen atoms in total. The number of fused-ring (bicyclic) bond motifs is 1. The summed E-state index contributed by atoms with van der Waals surface area (Å²) in [7, 11) is 3.67. The Morgan fingerprint density at radius 2 is 2.11 bits per heavy atom. The quantitative estimate of drug-likeness (QED) is 0.143. The number of carbonyl (C=O) groups is 1. The highest BCUT2D eigenvalue weighted by atomic mass is 32.2. The van der Waals surface area contributed by atoms with E-state index in [1.165, 1.54) is 29.6 Å². The third-order valence-electron chi connectivity index (χ3n) is 6.86. The van der Waals surface area contributed by atoms with Gasteiger partial charge in [-0.1, -0.05) is 30.0 Å². The molecular weight excluding hydrogens is 534 g/mol. The normalized spacial score (nSPS) is 26.6. The van der Waals surface area contributed by atoms with Gasteiger partial charge in [0.2, 0.25) is 0 Å². The zero-order valence-corrected chi connectivity index (χ0v) is 22.9. The number of methoxy groups -OCH3 is 1. The van der Waals surface area contributed by atoms with Crippen molar-refractivity contribution in [2.24, 2.45) is 0 Å². The number of halogens is 1. The van der Waals surface area contributed by atoms with Crippen LogP contribution in [0, 0.1) is 5.82 Å². The van der Waals surface area contributed by atoms with Gasteiger partial charge in [-0.3, -0.25) is 0 Å². The lowest BCUT2D eigenvalue weighted by atomic mass is 10.1. The summed E-state index contributed by atoms with van der Waals surface area (Å²) in [6.07, 6.45) is -1.21. The van der Waals surface area contributed by atoms with Gasteiger partial charge in [0.15, 0.2) is 22.1 Å². The number of rotatable bonds is 10. The molecule has 2 aliphatic rings. The molecule has 38 heavy (non-hydrogen) atoms. The minimum absolute atomic E-state index is 0.0899. The van der Waals surface area contributed by atoms with Gasteiger partial charge in [0.05, 0.1) is 19.3 Å². The standard InChI is InChI=1S/C24H30FN6O5PS/c1-3-6-38-24-27-22(26-14-8-12(14)11-4-5-13(25)17(37)7-11)19-23(28-24)31(30-29-19)15-9-16(21(34)20(15)33)36-10-18(32)35-2/h4-5,7,12,14-16,20-21,33-34H,3,6,8-10,37H2,1-2H3,(H,26,27,28). The predicted octanol–water partition coefficient (Wildman–Crippen LogP) is 1.56. The van der Waals surface area contributed by atoms with Crippen molar-refractivity contribution in [2.45, 2.75) is 67.7 Å². The van der Waals surface area contributed by atoms with Crippen LogP contribution in [0.4, 0.5) is 10.2 Å². The van der Waals surface area contributed by atoms with Gasteiger partial charge < -0.3 is 25.0 Å². The van der Waals surface area contributed by atoms with E-state index in [1.807, 2.05) is 6.07 Å². The lowest BCUT2D eigenvalue weighted by Gasteiger charge is -2.17. The summed E-state index contributed by atoms with van der Waals surface area (Å²) in [5, 5.41) is 34.5. The second-order valence-corrected chi connectivity index (χ2v) is 11.2. The molecule has 2 heterocycles. The highest BCUT2D eigenvalue weighted by molar-refractivity contribution is 7.99. The second kappa shape index (κ2) is 11.4. The molecule has 0 bridgehead atoms. The highest BCUT2D eigenvalue weighted by Gasteiger charge is 2.45. The molecule has 2 saturated carbocycles. The molecule has 14 heteroatoms. The summed E-state index contributed by atoms with van der Waals surface area (Å²) in [6.45, 7) is 1.73. The van der Waals surface area contributed by atoms with Crippen molar-refractivity contribution in [3.8, 4) is 0 Å². The summed E-state index contributed by atoms with van der Waals surface area (Å²) in [5.74, 6) is 0.732. The van der Waals surface area contributed by atoms with E-state index in [4.69, 9.17) is 9.72 Å². The Hall–Kier alpha value is -2.44. The number of anilines is 1. The molecule has 0 spiro atoms. The average Bonchev–Trinajstić information content (AvgIpc) is 3.46. The number of hydrogen-bond donors (Lipinski definition) is 3. The lowest BCUT2D eigenvalue weighted by molar-refractivity contribution is -0.150. The first kappa shape index (κ1) is 27.1. The smallest absolute Gasteiger partial charge is 0.331 e. The first-order valence-corrected chi connectivity index (χ1v) is 14.0. The molecule has 3 aromatic rings. The molecule has 2 aromatic heterocycles. The first-order chi connectivity index (χ1) is 18.3. The molecule has 7 atom stereocenters. The third-order valence-corrected chi connectivity index (χ3v) is 8.35. The number of nitrogens with zero attached hydrogens (tertiary/aromatic N) is 5. The van der Waals surface area contributed by atoms with Gasteiger partial charge in [0.1, 0.15) is 24.6 Å². The number of aliphatic hydroxyl groups excluding tert-OH is 2. The van der Waals surface area contributed by atoms with Crippen LogP contribution in [0.1, 0.15) is 43.7 Å². The van der Waals surface area contributed by atoms with Crippen LogP contribution >= 0.6 is 21.0 Å². The largest absolute Gasteiger partial charge is 0.467 e. The monoisotopic (exact) mass is 564 g/mol. The Kier molecular flexibility index (Phi) is 8.11. The second-order valence-electron chi connectivity index (χ2n) is 9.49. The molecule has 0 amide bonds. The van der Waals surface area contributed by atoms with Crippen molar-refractivity contribution in [2.75, 3.05) is 24.8 Å². The van der Waals surface area contributed by atoms with Gasteiger partial charge in [-0.15, -0.1) is 14.3 Å².